The van der Waals surface area contributed by atoms with Gasteiger partial charge in [-0.05, 0) is 69.0 Å². The fourth-order valence-corrected chi connectivity index (χ4v) is 5.25. The molecule has 0 aliphatic heterocycles. The fraction of sp³-hybridized carbons (Fsp3) is 0.560. The maximum atomic E-state index is 13.8. The average molecular weight is 481 g/mol. The van der Waals surface area contributed by atoms with Crippen LogP contribution in [-0.4, -0.2) is 49.0 Å². The first-order valence-electron chi connectivity index (χ1n) is 12.5. The lowest BCUT2D eigenvalue weighted by Crippen LogP contribution is -2.50. The highest BCUT2D eigenvalue weighted by Gasteiger charge is 2.40. The molecule has 3 heterocycles. The molecule has 1 atom stereocenters. The van der Waals surface area contributed by atoms with Gasteiger partial charge >= 0.3 is 0 Å². The summed E-state index contributed by atoms with van der Waals surface area (Å²) in [5.41, 5.74) is 0. The Morgan fingerprint density at radius 3 is 2.37 bits per heavy atom. The number of carbonyl (C=O) groups excluding carboxylic acids is 2. The molecule has 2 saturated carbocycles. The van der Waals surface area contributed by atoms with Gasteiger partial charge in [0.05, 0.1) is 0 Å². The van der Waals surface area contributed by atoms with E-state index in [1.165, 1.54) is 4.80 Å². The van der Waals surface area contributed by atoms with E-state index < -0.39 is 6.04 Å². The monoisotopic (exact) mass is 480 g/mol. The van der Waals surface area contributed by atoms with Crippen LogP contribution < -0.4 is 5.32 Å². The van der Waals surface area contributed by atoms with Crippen molar-refractivity contribution in [3.8, 4) is 11.6 Å². The number of amides is 2. The molecule has 3 aromatic heterocycles. The molecule has 0 saturated heterocycles. The van der Waals surface area contributed by atoms with Crippen LogP contribution in [-0.2, 0) is 16.1 Å². The summed E-state index contributed by atoms with van der Waals surface area (Å²) in [6.07, 6.45) is 7.88. The lowest BCUT2D eigenvalue weighted by Gasteiger charge is -2.35. The summed E-state index contributed by atoms with van der Waals surface area (Å²) in [6.45, 7) is 3.55. The molecule has 10 nitrogen and oxygen atoms in total. The van der Waals surface area contributed by atoms with Crippen molar-refractivity contribution in [2.45, 2.75) is 89.9 Å². The van der Waals surface area contributed by atoms with Gasteiger partial charge in [0.1, 0.15) is 23.8 Å². The summed E-state index contributed by atoms with van der Waals surface area (Å²) in [5, 5.41) is 15.6. The third kappa shape index (κ3) is 5.16. The Morgan fingerprint density at radius 2 is 1.71 bits per heavy atom. The zero-order chi connectivity index (χ0) is 24.4. The SMILES string of the molecule is Cc1ccc(-c2nnn(CC(=O)N(C3CCCC3)[C@@H](C(=O)NC3CCCC3)c3ccc(C)o3)n2)o1. The van der Waals surface area contributed by atoms with E-state index >= 15 is 0 Å². The molecule has 2 aliphatic carbocycles. The van der Waals surface area contributed by atoms with Crippen LogP contribution in [0.4, 0.5) is 0 Å². The van der Waals surface area contributed by atoms with Gasteiger partial charge in [-0.2, -0.15) is 4.80 Å². The number of nitrogens with zero attached hydrogens (tertiary/aromatic N) is 5. The largest absolute Gasteiger partial charge is 0.464 e. The van der Waals surface area contributed by atoms with Crippen molar-refractivity contribution in [2.75, 3.05) is 0 Å². The lowest BCUT2D eigenvalue weighted by molar-refractivity contribution is -0.145. The van der Waals surface area contributed by atoms with Gasteiger partial charge in [0.2, 0.25) is 11.7 Å². The van der Waals surface area contributed by atoms with Crippen LogP contribution >= 0.6 is 0 Å². The minimum Gasteiger partial charge on any atom is -0.464 e. The van der Waals surface area contributed by atoms with Crippen LogP contribution in [0.2, 0.25) is 0 Å². The molecule has 1 N–H and O–H groups in total. The molecule has 35 heavy (non-hydrogen) atoms. The number of tetrazole rings is 1. The molecular formula is C25H32N6O4. The van der Waals surface area contributed by atoms with Crippen molar-refractivity contribution in [3.63, 3.8) is 0 Å². The molecule has 2 fully saturated rings. The number of carbonyl (C=O) groups is 2. The third-order valence-electron chi connectivity index (χ3n) is 6.96. The van der Waals surface area contributed by atoms with Crippen molar-refractivity contribution in [1.29, 1.82) is 0 Å². The summed E-state index contributed by atoms with van der Waals surface area (Å²) in [5.74, 6) is 2.31. The Morgan fingerprint density at radius 1 is 1.03 bits per heavy atom. The van der Waals surface area contributed by atoms with Crippen LogP contribution in [0, 0.1) is 13.8 Å². The summed E-state index contributed by atoms with van der Waals surface area (Å²) in [4.78, 5) is 30.4. The molecular weight excluding hydrogens is 448 g/mol. The van der Waals surface area contributed by atoms with Gasteiger partial charge in [-0.25, -0.2) is 0 Å². The van der Waals surface area contributed by atoms with E-state index in [1.807, 2.05) is 26.0 Å². The minimum atomic E-state index is -0.837. The van der Waals surface area contributed by atoms with Gasteiger partial charge in [-0.3, -0.25) is 9.59 Å². The van der Waals surface area contributed by atoms with E-state index in [2.05, 4.69) is 20.7 Å². The van der Waals surface area contributed by atoms with Crippen molar-refractivity contribution in [2.24, 2.45) is 0 Å². The number of aromatic nitrogens is 4. The lowest BCUT2D eigenvalue weighted by atomic mass is 10.1. The average Bonchev–Trinajstić information content (AvgIpc) is 3.62. The molecule has 0 bridgehead atoms. The standard InChI is InChI=1S/C25H32N6O4/c1-16-11-13-20(34-16)23(25(33)26-18-7-3-4-8-18)31(19-9-5-6-10-19)22(32)15-30-28-24(27-29-30)21-14-12-17(2)35-21/h11-14,18-19,23H,3-10,15H2,1-2H3,(H,26,33)/t23-/m1/s1. The van der Waals surface area contributed by atoms with Gasteiger partial charge in [0.15, 0.2) is 11.8 Å². The van der Waals surface area contributed by atoms with Crippen LogP contribution in [0.5, 0.6) is 0 Å². The Bertz CT molecular complexity index is 1170. The maximum Gasteiger partial charge on any atom is 0.250 e. The number of furan rings is 2. The van der Waals surface area contributed by atoms with Crippen LogP contribution in [0.1, 0.15) is 74.7 Å². The van der Waals surface area contributed by atoms with E-state index in [9.17, 15) is 9.59 Å². The van der Waals surface area contributed by atoms with E-state index in [0.29, 0.717) is 23.1 Å². The Labute approximate surface area is 204 Å². The molecule has 2 aliphatic rings. The molecule has 10 heteroatoms. The van der Waals surface area contributed by atoms with Crippen LogP contribution in [0.25, 0.3) is 11.6 Å². The molecule has 0 unspecified atom stereocenters. The minimum absolute atomic E-state index is 0.0528. The fourth-order valence-electron chi connectivity index (χ4n) is 5.25. The first kappa shape index (κ1) is 23.3. The van der Waals surface area contributed by atoms with E-state index in [1.54, 1.807) is 17.0 Å². The number of rotatable bonds is 8. The molecule has 3 aromatic rings. The maximum absolute atomic E-state index is 13.8. The van der Waals surface area contributed by atoms with Gasteiger partial charge in [0, 0.05) is 12.1 Å². The molecule has 0 spiro atoms. The van der Waals surface area contributed by atoms with Crippen LogP contribution in [0.3, 0.4) is 0 Å². The molecule has 186 valence electrons. The number of nitrogens with one attached hydrogen (secondary N) is 1. The Hall–Kier alpha value is -3.43. The van der Waals surface area contributed by atoms with Crippen molar-refractivity contribution in [3.05, 3.63) is 41.5 Å². The van der Waals surface area contributed by atoms with Gasteiger partial charge in [0.25, 0.3) is 5.91 Å². The van der Waals surface area contributed by atoms with E-state index in [-0.39, 0.29) is 30.4 Å². The van der Waals surface area contributed by atoms with Crippen LogP contribution in [0.15, 0.2) is 33.1 Å². The molecule has 0 aromatic carbocycles. The van der Waals surface area contributed by atoms with Crippen molar-refractivity contribution >= 4 is 11.8 Å². The van der Waals surface area contributed by atoms with Gasteiger partial charge in [-0.15, -0.1) is 10.2 Å². The highest BCUT2D eigenvalue weighted by molar-refractivity contribution is 5.88. The number of aryl methyl sites for hydroxylation is 2. The topological polar surface area (TPSA) is 119 Å². The molecule has 5 rings (SSSR count). The number of hydrogen-bond donors (Lipinski definition) is 1. The predicted octanol–water partition coefficient (Wildman–Crippen LogP) is 3.71. The van der Waals surface area contributed by atoms with Gasteiger partial charge in [-0.1, -0.05) is 25.7 Å². The predicted molar refractivity (Wildman–Crippen MR) is 126 cm³/mol. The summed E-state index contributed by atoms with van der Waals surface area (Å²) in [6, 6.07) is 6.47. The summed E-state index contributed by atoms with van der Waals surface area (Å²) in [7, 11) is 0. The smallest absolute Gasteiger partial charge is 0.250 e. The zero-order valence-corrected chi connectivity index (χ0v) is 20.3. The zero-order valence-electron chi connectivity index (χ0n) is 20.3. The second kappa shape index (κ2) is 10.1. The second-order valence-corrected chi connectivity index (χ2v) is 9.63. The first-order chi connectivity index (χ1) is 17.0. The number of hydrogen-bond acceptors (Lipinski definition) is 7. The Balaban J connectivity index is 1.42. The van der Waals surface area contributed by atoms with Crippen molar-refractivity contribution in [1.82, 2.24) is 30.4 Å². The highest BCUT2D eigenvalue weighted by atomic mass is 16.3. The molecule has 2 amide bonds. The van der Waals surface area contributed by atoms with Crippen molar-refractivity contribution < 1.29 is 18.4 Å². The normalized spacial score (nSPS) is 17.7. The Kier molecular flexibility index (Phi) is 6.70. The first-order valence-corrected chi connectivity index (χ1v) is 12.5. The van der Waals surface area contributed by atoms with E-state index in [4.69, 9.17) is 8.83 Å². The quantitative estimate of drug-likeness (QED) is 0.522. The summed E-state index contributed by atoms with van der Waals surface area (Å²) < 4.78 is 11.5. The molecule has 0 radical (unpaired) electrons. The summed E-state index contributed by atoms with van der Waals surface area (Å²) >= 11 is 0. The highest BCUT2D eigenvalue weighted by Crippen LogP contribution is 2.33. The second-order valence-electron chi connectivity index (χ2n) is 9.63. The third-order valence-corrected chi connectivity index (χ3v) is 6.96. The van der Waals surface area contributed by atoms with Gasteiger partial charge < -0.3 is 19.1 Å². The van der Waals surface area contributed by atoms with E-state index in [0.717, 1.165) is 57.1 Å².